The molecule has 0 aliphatic heterocycles. The average Bonchev–Trinajstić information content (AvgIpc) is 2.83. The maximum Gasteiger partial charge on any atom is 0.145 e. The van der Waals surface area contributed by atoms with Crippen molar-refractivity contribution in [3.63, 3.8) is 0 Å². The van der Waals surface area contributed by atoms with Gasteiger partial charge in [-0.25, -0.2) is 4.98 Å². The van der Waals surface area contributed by atoms with E-state index in [2.05, 4.69) is 10.3 Å². The van der Waals surface area contributed by atoms with Crippen LogP contribution in [0.15, 0.2) is 12.3 Å². The Balaban J connectivity index is 2.23. The number of nitrogens with zero attached hydrogens (tertiary/aromatic N) is 1. The van der Waals surface area contributed by atoms with E-state index in [0.717, 1.165) is 16.4 Å². The van der Waals surface area contributed by atoms with Crippen molar-refractivity contribution in [2.45, 2.75) is 25.8 Å². The van der Waals surface area contributed by atoms with Crippen LogP contribution in [0.25, 0.3) is 0 Å². The molecule has 0 saturated heterocycles. The van der Waals surface area contributed by atoms with Crippen LogP contribution < -0.4 is 5.32 Å². The number of aryl methyl sites for hydroxylation is 1. The van der Waals surface area contributed by atoms with Crippen LogP contribution in [0.5, 0.6) is 0 Å². The molecule has 1 saturated carbocycles. The summed E-state index contributed by atoms with van der Waals surface area (Å²) in [6, 6.07) is 2.53. The second-order valence-electron chi connectivity index (χ2n) is 3.21. The zero-order valence-corrected chi connectivity index (χ0v) is 7.73. The van der Waals surface area contributed by atoms with E-state index < -0.39 is 0 Å². The SMILES string of the molecule is Cc1ccnc(NC2CC2)c1Cl. The summed E-state index contributed by atoms with van der Waals surface area (Å²) in [5, 5.41) is 4.04. The normalized spacial score (nSPS) is 16.2. The summed E-state index contributed by atoms with van der Waals surface area (Å²) >= 11 is 6.04. The monoisotopic (exact) mass is 182 g/mol. The van der Waals surface area contributed by atoms with Gasteiger partial charge in [0.15, 0.2) is 0 Å². The van der Waals surface area contributed by atoms with Gasteiger partial charge in [0.1, 0.15) is 5.82 Å². The molecular formula is C9H11ClN2. The van der Waals surface area contributed by atoms with Crippen molar-refractivity contribution in [3.05, 3.63) is 22.8 Å². The molecule has 1 aliphatic rings. The molecule has 0 aromatic carbocycles. The predicted molar refractivity (Wildman–Crippen MR) is 50.6 cm³/mol. The number of hydrogen-bond donors (Lipinski definition) is 1. The first-order valence-corrected chi connectivity index (χ1v) is 4.53. The van der Waals surface area contributed by atoms with Crippen molar-refractivity contribution in [1.82, 2.24) is 4.98 Å². The number of pyridine rings is 1. The van der Waals surface area contributed by atoms with Gasteiger partial charge in [-0.05, 0) is 31.4 Å². The fourth-order valence-electron chi connectivity index (χ4n) is 1.06. The van der Waals surface area contributed by atoms with Crippen LogP contribution in [0.2, 0.25) is 5.02 Å². The van der Waals surface area contributed by atoms with E-state index in [1.807, 2.05) is 13.0 Å². The molecule has 12 heavy (non-hydrogen) atoms. The van der Waals surface area contributed by atoms with Gasteiger partial charge in [0.2, 0.25) is 0 Å². The molecule has 1 aromatic heterocycles. The van der Waals surface area contributed by atoms with E-state index in [1.165, 1.54) is 12.8 Å². The zero-order valence-electron chi connectivity index (χ0n) is 6.97. The summed E-state index contributed by atoms with van der Waals surface area (Å²) in [5.41, 5.74) is 1.08. The lowest BCUT2D eigenvalue weighted by Gasteiger charge is -2.06. The number of nitrogens with one attached hydrogen (secondary N) is 1. The highest BCUT2D eigenvalue weighted by molar-refractivity contribution is 6.33. The molecule has 1 fully saturated rings. The zero-order chi connectivity index (χ0) is 8.55. The fourth-order valence-corrected chi connectivity index (χ4v) is 1.23. The molecule has 0 spiro atoms. The Kier molecular flexibility index (Phi) is 1.93. The first-order valence-electron chi connectivity index (χ1n) is 4.15. The minimum Gasteiger partial charge on any atom is -0.366 e. The summed E-state index contributed by atoms with van der Waals surface area (Å²) < 4.78 is 0. The van der Waals surface area contributed by atoms with Crippen LogP contribution in [0.4, 0.5) is 5.82 Å². The van der Waals surface area contributed by atoms with Crippen molar-refractivity contribution in [1.29, 1.82) is 0 Å². The molecule has 1 aliphatic carbocycles. The van der Waals surface area contributed by atoms with E-state index in [0.29, 0.717) is 6.04 Å². The Labute approximate surface area is 77.0 Å². The highest BCUT2D eigenvalue weighted by Gasteiger charge is 2.22. The predicted octanol–water partition coefficient (Wildman–Crippen LogP) is 2.62. The lowest BCUT2D eigenvalue weighted by Crippen LogP contribution is -2.03. The van der Waals surface area contributed by atoms with Gasteiger partial charge in [-0.2, -0.15) is 0 Å². The van der Waals surface area contributed by atoms with Crippen LogP contribution in [0.3, 0.4) is 0 Å². The Bertz CT molecular complexity index is 295. The van der Waals surface area contributed by atoms with Crippen LogP contribution in [-0.2, 0) is 0 Å². The molecule has 0 unspecified atom stereocenters. The molecule has 3 heteroatoms. The summed E-state index contributed by atoms with van der Waals surface area (Å²) in [4.78, 5) is 4.18. The number of halogens is 1. The van der Waals surface area contributed by atoms with E-state index in [9.17, 15) is 0 Å². The largest absolute Gasteiger partial charge is 0.366 e. The summed E-state index contributed by atoms with van der Waals surface area (Å²) in [6.45, 7) is 1.99. The third kappa shape index (κ3) is 1.53. The van der Waals surface area contributed by atoms with Gasteiger partial charge in [-0.1, -0.05) is 11.6 Å². The third-order valence-electron chi connectivity index (χ3n) is 2.00. The Hall–Kier alpha value is -0.760. The number of rotatable bonds is 2. The topological polar surface area (TPSA) is 24.9 Å². The van der Waals surface area contributed by atoms with Gasteiger partial charge in [-0.3, -0.25) is 0 Å². The lowest BCUT2D eigenvalue weighted by atomic mass is 10.3. The second-order valence-corrected chi connectivity index (χ2v) is 3.59. The van der Waals surface area contributed by atoms with Crippen molar-refractivity contribution in [2.24, 2.45) is 0 Å². The highest BCUT2D eigenvalue weighted by Crippen LogP contribution is 2.29. The van der Waals surface area contributed by atoms with Crippen LogP contribution in [0, 0.1) is 6.92 Å². The van der Waals surface area contributed by atoms with Gasteiger partial charge in [0, 0.05) is 12.2 Å². The van der Waals surface area contributed by atoms with Crippen molar-refractivity contribution in [3.8, 4) is 0 Å². The number of hydrogen-bond acceptors (Lipinski definition) is 2. The molecule has 64 valence electrons. The summed E-state index contributed by atoms with van der Waals surface area (Å²) in [5.74, 6) is 0.833. The Morgan fingerprint density at radius 1 is 1.58 bits per heavy atom. The molecule has 1 heterocycles. The second kappa shape index (κ2) is 2.94. The number of anilines is 1. The van der Waals surface area contributed by atoms with Crippen LogP contribution in [0.1, 0.15) is 18.4 Å². The van der Waals surface area contributed by atoms with Crippen LogP contribution >= 0.6 is 11.6 Å². The van der Waals surface area contributed by atoms with Crippen molar-refractivity contribution >= 4 is 17.4 Å². The minimum absolute atomic E-state index is 0.608. The smallest absolute Gasteiger partial charge is 0.145 e. The lowest BCUT2D eigenvalue weighted by molar-refractivity contribution is 1.11. The molecule has 1 aromatic rings. The quantitative estimate of drug-likeness (QED) is 0.761. The average molecular weight is 183 g/mol. The summed E-state index contributed by atoms with van der Waals surface area (Å²) in [7, 11) is 0. The first-order chi connectivity index (χ1) is 5.77. The molecule has 0 bridgehead atoms. The molecular weight excluding hydrogens is 172 g/mol. The van der Waals surface area contributed by atoms with E-state index in [4.69, 9.17) is 11.6 Å². The van der Waals surface area contributed by atoms with E-state index in [-0.39, 0.29) is 0 Å². The third-order valence-corrected chi connectivity index (χ3v) is 2.48. The molecule has 0 radical (unpaired) electrons. The maximum atomic E-state index is 6.04. The van der Waals surface area contributed by atoms with Gasteiger partial charge < -0.3 is 5.32 Å². The Morgan fingerprint density at radius 3 is 3.00 bits per heavy atom. The first kappa shape index (κ1) is 7.87. The highest BCUT2D eigenvalue weighted by atomic mass is 35.5. The Morgan fingerprint density at radius 2 is 2.33 bits per heavy atom. The van der Waals surface area contributed by atoms with Gasteiger partial charge in [0.05, 0.1) is 5.02 Å². The molecule has 1 N–H and O–H groups in total. The molecule has 0 atom stereocenters. The summed E-state index contributed by atoms with van der Waals surface area (Å²) in [6.07, 6.45) is 4.27. The molecule has 2 rings (SSSR count). The van der Waals surface area contributed by atoms with Gasteiger partial charge in [-0.15, -0.1) is 0 Å². The fraction of sp³-hybridized carbons (Fsp3) is 0.444. The minimum atomic E-state index is 0.608. The van der Waals surface area contributed by atoms with Gasteiger partial charge in [0.25, 0.3) is 0 Å². The molecule has 0 amide bonds. The van der Waals surface area contributed by atoms with E-state index in [1.54, 1.807) is 6.20 Å². The van der Waals surface area contributed by atoms with Crippen LogP contribution in [-0.4, -0.2) is 11.0 Å². The standard InChI is InChI=1S/C9H11ClN2/c1-6-4-5-11-9(8(6)10)12-7-2-3-7/h4-5,7H,2-3H2,1H3,(H,11,12). The van der Waals surface area contributed by atoms with Crippen molar-refractivity contribution < 1.29 is 0 Å². The van der Waals surface area contributed by atoms with E-state index >= 15 is 0 Å². The van der Waals surface area contributed by atoms with Crippen molar-refractivity contribution in [2.75, 3.05) is 5.32 Å². The molecule has 2 nitrogen and oxygen atoms in total. The maximum absolute atomic E-state index is 6.04. The number of aromatic nitrogens is 1. The van der Waals surface area contributed by atoms with Gasteiger partial charge >= 0.3 is 0 Å².